The molecule has 0 spiro atoms. The molecule has 10 rings (SSSR count). The fraction of sp³-hybridized carbons (Fsp3) is 0.484. The molecule has 17 nitrogen and oxygen atoms in total. The Balaban J connectivity index is 0.904. The zero-order valence-electron chi connectivity index (χ0n) is 47.3. The number of ether oxygens (including phenoxy) is 8. The quantitative estimate of drug-likeness (QED) is 0.0763. The number of rotatable bonds is 16. The molecule has 0 aliphatic carbocycles. The Labute approximate surface area is 469 Å². The Hall–Kier alpha value is -6.89. The Morgan fingerprint density at radius 1 is 0.775 bits per heavy atom. The molecule has 3 amide bonds. The maximum absolute atomic E-state index is 14.8. The van der Waals surface area contributed by atoms with Crippen LogP contribution in [0.1, 0.15) is 115 Å². The second-order valence-electron chi connectivity index (χ2n) is 23.4. The zero-order valence-corrected chi connectivity index (χ0v) is 48.1. The molecule has 3 fully saturated rings. The number of methoxy groups -OCH3 is 1. The van der Waals surface area contributed by atoms with E-state index in [1.54, 1.807) is 29.2 Å². The zero-order chi connectivity index (χ0) is 57.2. The van der Waals surface area contributed by atoms with Gasteiger partial charge < -0.3 is 47.7 Å². The molecule has 0 aromatic heterocycles. The predicted octanol–water partition coefficient (Wildman–Crippen LogP) is 9.51. The summed E-state index contributed by atoms with van der Waals surface area (Å²) in [6.45, 7) is 23.0. The molecular weight excluding hydrogens is 1040 g/mol. The summed E-state index contributed by atoms with van der Waals surface area (Å²) >= 11 is 0. The van der Waals surface area contributed by atoms with Crippen LogP contribution in [0.4, 0.5) is 10.5 Å². The molecule has 6 heterocycles. The number of fused-ring (bicyclic) bond motifs is 6. The number of carbonyl (C=O) groups is 4. The van der Waals surface area contributed by atoms with Crippen molar-refractivity contribution in [3.63, 3.8) is 0 Å². The van der Waals surface area contributed by atoms with Crippen LogP contribution in [0.5, 0.6) is 28.7 Å². The summed E-state index contributed by atoms with van der Waals surface area (Å²) in [5.74, 6) is 1.58. The Morgan fingerprint density at radius 3 is 2.19 bits per heavy atom. The van der Waals surface area contributed by atoms with Gasteiger partial charge in [-0.25, -0.2) is 13.2 Å². The lowest BCUT2D eigenvalue weighted by Gasteiger charge is -2.46. The minimum atomic E-state index is -3.47. The van der Waals surface area contributed by atoms with Crippen molar-refractivity contribution in [2.75, 3.05) is 51.2 Å². The topological polar surface area (TPSA) is 186 Å². The van der Waals surface area contributed by atoms with Gasteiger partial charge in [0.25, 0.3) is 11.8 Å². The highest BCUT2D eigenvalue weighted by Gasteiger charge is 2.53. The Kier molecular flexibility index (Phi) is 15.4. The van der Waals surface area contributed by atoms with Crippen molar-refractivity contribution < 1.29 is 65.5 Å². The highest BCUT2D eigenvalue weighted by molar-refractivity contribution is 7.91. The van der Waals surface area contributed by atoms with Crippen LogP contribution in [0, 0.1) is 24.7 Å². The lowest BCUT2D eigenvalue weighted by molar-refractivity contribution is -0.197. The van der Waals surface area contributed by atoms with Gasteiger partial charge in [0.15, 0.2) is 32.6 Å². The van der Waals surface area contributed by atoms with E-state index in [4.69, 9.17) is 37.9 Å². The van der Waals surface area contributed by atoms with Crippen molar-refractivity contribution in [3.05, 3.63) is 129 Å². The molecule has 4 unspecified atom stereocenters. The third-order valence-electron chi connectivity index (χ3n) is 17.4. The molecule has 6 aliphatic rings. The highest BCUT2D eigenvalue weighted by atomic mass is 32.2. The van der Waals surface area contributed by atoms with Crippen molar-refractivity contribution in [1.29, 1.82) is 0 Å². The summed E-state index contributed by atoms with van der Waals surface area (Å²) in [7, 11) is -1.98. The highest BCUT2D eigenvalue weighted by Crippen LogP contribution is 2.48. The minimum Gasteiger partial charge on any atom is -0.493 e. The van der Waals surface area contributed by atoms with Gasteiger partial charge in [-0.3, -0.25) is 19.3 Å². The smallest absolute Gasteiger partial charge is 0.414 e. The second kappa shape index (κ2) is 21.9. The maximum atomic E-state index is 14.8. The fourth-order valence-corrected chi connectivity index (χ4v) is 14.1. The summed E-state index contributed by atoms with van der Waals surface area (Å²) in [6, 6.07) is 17.8. The standard InChI is InChI=1S/C62H73N3O14S/c1-35-27-61(8)15-14-45-24-53(37(3)18-49(45)56(67)63(61)29-35)75-33-43-19-44(22-47(21-43)74-17-16-73-31-38(4)66)34-76-55-26-51-50(25-54(55)72-10)57(68)64-30-36(2)28-62(64,9)41(7)65(51)60(69)77-32-42-12-13-52-46(20-42)23-48-39(5)40(6)59(80(11,70)71)79-58(48)78-52/h12-13,18-22,24-26,39-41,48,58-59H,1-2,14-17,23,27-34H2,3-11H3/t39-,40?,41?,48?,58+,59+,61+,62?/m0/s1. The summed E-state index contributed by atoms with van der Waals surface area (Å²) in [5, 5.41) is 0. The number of amides is 3. The largest absolute Gasteiger partial charge is 0.493 e. The molecular formula is C62H73N3O14S. The van der Waals surface area contributed by atoms with Crippen LogP contribution in [-0.4, -0.2) is 117 Å². The number of hydrogen-bond donors (Lipinski definition) is 0. The number of carbonyl (C=O) groups excluding carboxylic acids is 4. The summed E-state index contributed by atoms with van der Waals surface area (Å²) < 4.78 is 74.4. The lowest BCUT2D eigenvalue weighted by atomic mass is 9.77. The van der Waals surface area contributed by atoms with Crippen molar-refractivity contribution in [3.8, 4) is 28.7 Å². The van der Waals surface area contributed by atoms with E-state index in [0.29, 0.717) is 54.3 Å². The van der Waals surface area contributed by atoms with Gasteiger partial charge in [-0.2, -0.15) is 0 Å². The van der Waals surface area contributed by atoms with Crippen molar-refractivity contribution in [2.24, 2.45) is 17.8 Å². The van der Waals surface area contributed by atoms with E-state index in [1.807, 2.05) is 75.9 Å². The van der Waals surface area contributed by atoms with Crippen LogP contribution in [0.15, 0.2) is 85.0 Å². The molecule has 0 bridgehead atoms. The molecule has 80 heavy (non-hydrogen) atoms. The summed E-state index contributed by atoms with van der Waals surface area (Å²) in [4.78, 5) is 60.3. The van der Waals surface area contributed by atoms with Crippen molar-refractivity contribution >= 4 is 39.2 Å². The number of nitrogens with zero attached hydrogens (tertiary/aromatic N) is 3. The van der Waals surface area contributed by atoms with Crippen molar-refractivity contribution in [2.45, 2.75) is 129 Å². The SMILES string of the molecule is C=C1CN2C(=O)c3cc(OC)c(OCc4cc(COc5cc6c(cc5C)C(=O)N5CC(=C)C[C@@]5(C)CC6)cc(OCCOCC(C)=O)c4)cc3N(C(=O)OCc3ccc4c(c3)CC3[C@H](O4)O[C@H](S(C)(=O)=O)C(C)[C@@H]3C)C(C)C2(C)C1. The first kappa shape index (κ1) is 56.4. The van der Waals surface area contributed by atoms with Gasteiger partial charge in [0.2, 0.25) is 6.29 Å². The predicted molar refractivity (Wildman–Crippen MR) is 299 cm³/mol. The molecule has 4 aromatic rings. The number of Topliss-reactive ketones (excluding diaryl/α,β-unsaturated/α-hetero) is 1. The molecule has 6 aliphatic heterocycles. The average molecular weight is 1120 g/mol. The van der Waals surface area contributed by atoms with E-state index in [0.717, 1.165) is 58.2 Å². The van der Waals surface area contributed by atoms with E-state index in [9.17, 15) is 27.6 Å². The second-order valence-corrected chi connectivity index (χ2v) is 25.5. The normalized spacial score (nSPS) is 25.9. The number of hydrogen-bond acceptors (Lipinski definition) is 14. The third kappa shape index (κ3) is 10.9. The fourth-order valence-electron chi connectivity index (χ4n) is 12.8. The van der Waals surface area contributed by atoms with E-state index in [2.05, 4.69) is 20.1 Å². The first-order valence-electron chi connectivity index (χ1n) is 27.4. The number of sulfone groups is 1. The van der Waals surface area contributed by atoms with Crippen LogP contribution in [0.25, 0.3) is 0 Å². The number of aryl methyl sites for hydroxylation is 2. The first-order chi connectivity index (χ1) is 37.9. The van der Waals surface area contributed by atoms with Gasteiger partial charge in [0.05, 0.1) is 36.5 Å². The molecule has 18 heteroatoms. The van der Waals surface area contributed by atoms with Crippen LogP contribution in [-0.2, 0) is 61.5 Å². The van der Waals surface area contributed by atoms with Gasteiger partial charge in [0, 0.05) is 42.4 Å². The average Bonchev–Trinajstić information content (AvgIpc) is 3.97. The first-order valence-corrected chi connectivity index (χ1v) is 29.4. The molecule has 3 saturated heterocycles. The van der Waals surface area contributed by atoms with E-state index < -0.39 is 39.2 Å². The van der Waals surface area contributed by atoms with Gasteiger partial charge in [0.1, 0.15) is 50.3 Å². The van der Waals surface area contributed by atoms with Crippen LogP contribution >= 0.6 is 0 Å². The van der Waals surface area contributed by atoms with E-state index >= 15 is 0 Å². The van der Waals surface area contributed by atoms with Crippen LogP contribution in [0.2, 0.25) is 0 Å². The Morgan fingerprint density at radius 2 is 1.48 bits per heavy atom. The molecule has 8 atom stereocenters. The third-order valence-corrected chi connectivity index (χ3v) is 18.7. The summed E-state index contributed by atoms with van der Waals surface area (Å²) in [6.07, 6.45) is 3.18. The van der Waals surface area contributed by atoms with E-state index in [-0.39, 0.29) is 103 Å². The number of anilines is 1. The molecule has 426 valence electrons. The summed E-state index contributed by atoms with van der Waals surface area (Å²) in [5.41, 5.74) is 5.94. The lowest BCUT2D eigenvalue weighted by Crippen LogP contribution is -2.57. The van der Waals surface area contributed by atoms with Crippen LogP contribution in [0.3, 0.4) is 0 Å². The number of ketones is 1. The Bertz CT molecular complexity index is 3300. The maximum Gasteiger partial charge on any atom is 0.414 e. The van der Waals surface area contributed by atoms with Gasteiger partial charge in [-0.05, 0) is 160 Å². The van der Waals surface area contributed by atoms with Gasteiger partial charge in [-0.1, -0.05) is 44.2 Å². The molecule has 0 saturated carbocycles. The van der Waals surface area contributed by atoms with Crippen LogP contribution < -0.4 is 28.6 Å². The molecule has 4 aromatic carbocycles. The monoisotopic (exact) mass is 1120 g/mol. The minimum absolute atomic E-state index is 0.00518. The van der Waals surface area contributed by atoms with Crippen molar-refractivity contribution in [1.82, 2.24) is 9.80 Å². The van der Waals surface area contributed by atoms with E-state index in [1.165, 1.54) is 25.2 Å². The van der Waals surface area contributed by atoms with Gasteiger partial charge >= 0.3 is 6.09 Å². The molecule has 0 N–H and O–H groups in total. The number of benzene rings is 4. The van der Waals surface area contributed by atoms with Gasteiger partial charge in [-0.15, -0.1) is 0 Å². The molecule has 0 radical (unpaired) electrons.